The normalized spacial score (nSPS) is 12.1. The second kappa shape index (κ2) is 9.17. The lowest BCUT2D eigenvalue weighted by atomic mass is 9.92. The average Bonchev–Trinajstić information content (AvgIpc) is 3.16. The van der Waals surface area contributed by atoms with Crippen LogP contribution in [-0.2, 0) is 0 Å². The smallest absolute Gasteiger partial charge is 0.194 e. The van der Waals surface area contributed by atoms with Crippen molar-refractivity contribution in [2.45, 2.75) is 79.1 Å². The molecule has 0 radical (unpaired) electrons. The summed E-state index contributed by atoms with van der Waals surface area (Å²) in [6.07, 6.45) is 2.34. The van der Waals surface area contributed by atoms with Crippen LogP contribution in [0.1, 0.15) is 101 Å². The van der Waals surface area contributed by atoms with E-state index in [2.05, 4.69) is 132 Å². The van der Waals surface area contributed by atoms with Crippen LogP contribution in [0.5, 0.6) is 0 Å². The molecule has 0 amide bonds. The number of para-hydroxylation sites is 4. The topological polar surface area (TPSA) is 8.81 Å². The Labute approximate surface area is 199 Å². The molecule has 33 heavy (non-hydrogen) atoms. The lowest BCUT2D eigenvalue weighted by molar-refractivity contribution is -0.569. The average molecular weight is 440 g/mol. The first-order valence-electron chi connectivity index (χ1n) is 12.5. The monoisotopic (exact) mass is 439 g/mol. The molecule has 4 rings (SSSR count). The number of hydrogen-bond donors (Lipinski definition) is 0. The SMILES string of the molecule is CC(C)c1cccc(C(C)C)c1-n1c[n+](-c2c(C(C)C)cccc2C(C)C)c2ccccc21. The van der Waals surface area contributed by atoms with Gasteiger partial charge in [0.05, 0.1) is 0 Å². The van der Waals surface area contributed by atoms with Gasteiger partial charge in [-0.3, -0.25) is 0 Å². The van der Waals surface area contributed by atoms with Crippen LogP contribution in [0.4, 0.5) is 0 Å². The second-order valence-electron chi connectivity index (χ2n) is 10.5. The van der Waals surface area contributed by atoms with Gasteiger partial charge in [0.2, 0.25) is 0 Å². The molecular formula is C31H39N2+. The summed E-state index contributed by atoms with van der Waals surface area (Å²) in [5.41, 5.74) is 10.8. The molecule has 2 nitrogen and oxygen atoms in total. The standard InChI is InChI=1S/C31H39N2/c1-20(2)24-13-11-14-25(21(3)4)30(24)32-19-33(29-18-10-9-17-28(29)32)31-26(22(5)6)15-12-16-27(31)23(7)8/h9-23H,1-8H3/q+1. The summed E-state index contributed by atoms with van der Waals surface area (Å²) in [5, 5.41) is 0. The fourth-order valence-corrected chi connectivity index (χ4v) is 5.05. The summed E-state index contributed by atoms with van der Waals surface area (Å²) in [6.45, 7) is 18.4. The van der Waals surface area contributed by atoms with Gasteiger partial charge in [-0.25, -0.2) is 0 Å². The zero-order chi connectivity index (χ0) is 23.9. The van der Waals surface area contributed by atoms with Gasteiger partial charge in [0.1, 0.15) is 11.4 Å². The second-order valence-corrected chi connectivity index (χ2v) is 10.5. The molecule has 3 aromatic carbocycles. The van der Waals surface area contributed by atoms with Crippen LogP contribution in [-0.4, -0.2) is 4.57 Å². The number of aromatic nitrogens is 2. The van der Waals surface area contributed by atoms with Gasteiger partial charge in [0, 0.05) is 22.3 Å². The van der Waals surface area contributed by atoms with E-state index < -0.39 is 0 Å². The van der Waals surface area contributed by atoms with Crippen molar-refractivity contribution in [1.29, 1.82) is 0 Å². The zero-order valence-electron chi connectivity index (χ0n) is 21.6. The first kappa shape index (κ1) is 23.3. The van der Waals surface area contributed by atoms with Crippen LogP contribution in [0.3, 0.4) is 0 Å². The summed E-state index contributed by atoms with van der Waals surface area (Å²) in [5.74, 6) is 1.79. The lowest BCUT2D eigenvalue weighted by Gasteiger charge is -2.17. The first-order chi connectivity index (χ1) is 15.7. The Morgan fingerprint density at radius 2 is 1.00 bits per heavy atom. The van der Waals surface area contributed by atoms with Crippen molar-refractivity contribution in [3.05, 3.63) is 89.2 Å². The number of benzene rings is 3. The summed E-state index contributed by atoms with van der Waals surface area (Å²) >= 11 is 0. The van der Waals surface area contributed by atoms with Gasteiger partial charge in [-0.2, -0.15) is 9.13 Å². The maximum absolute atomic E-state index is 2.45. The largest absolute Gasteiger partial charge is 0.255 e. The molecule has 1 heterocycles. The Kier molecular flexibility index (Phi) is 6.47. The number of nitrogens with zero attached hydrogens (tertiary/aromatic N) is 2. The molecule has 0 aliphatic heterocycles. The minimum Gasteiger partial charge on any atom is -0.194 e. The van der Waals surface area contributed by atoms with Crippen molar-refractivity contribution in [3.63, 3.8) is 0 Å². The van der Waals surface area contributed by atoms with Crippen molar-refractivity contribution < 1.29 is 4.57 Å². The molecule has 172 valence electrons. The summed E-state index contributed by atoms with van der Waals surface area (Å²) in [6, 6.07) is 22.5. The van der Waals surface area contributed by atoms with E-state index in [1.54, 1.807) is 0 Å². The number of rotatable bonds is 6. The highest BCUT2D eigenvalue weighted by Crippen LogP contribution is 2.34. The highest BCUT2D eigenvalue weighted by atomic mass is 15.1. The van der Waals surface area contributed by atoms with Crippen molar-refractivity contribution in [3.8, 4) is 11.4 Å². The van der Waals surface area contributed by atoms with E-state index in [9.17, 15) is 0 Å². The van der Waals surface area contributed by atoms with E-state index in [0.29, 0.717) is 23.7 Å². The van der Waals surface area contributed by atoms with Crippen molar-refractivity contribution in [1.82, 2.24) is 4.57 Å². The van der Waals surface area contributed by atoms with Gasteiger partial charge in [0.25, 0.3) is 6.33 Å². The summed E-state index contributed by atoms with van der Waals surface area (Å²) in [4.78, 5) is 0. The highest BCUT2D eigenvalue weighted by molar-refractivity contribution is 5.76. The van der Waals surface area contributed by atoms with E-state index >= 15 is 0 Å². The van der Waals surface area contributed by atoms with E-state index in [0.717, 1.165) is 0 Å². The Bertz CT molecular complexity index is 1120. The van der Waals surface area contributed by atoms with Crippen molar-refractivity contribution in [2.24, 2.45) is 0 Å². The molecule has 0 saturated heterocycles. The minimum absolute atomic E-state index is 0.447. The van der Waals surface area contributed by atoms with Gasteiger partial charge in [-0.1, -0.05) is 104 Å². The van der Waals surface area contributed by atoms with Crippen molar-refractivity contribution >= 4 is 11.0 Å². The Morgan fingerprint density at radius 3 is 1.48 bits per heavy atom. The maximum Gasteiger partial charge on any atom is 0.255 e. The molecule has 0 spiro atoms. The fourth-order valence-electron chi connectivity index (χ4n) is 5.05. The molecule has 0 N–H and O–H groups in total. The van der Waals surface area contributed by atoms with E-state index in [4.69, 9.17) is 0 Å². The third-order valence-electron chi connectivity index (χ3n) is 6.80. The van der Waals surface area contributed by atoms with Gasteiger partial charge in [0.15, 0.2) is 11.0 Å². The predicted octanol–water partition coefficient (Wildman–Crippen LogP) is 8.40. The predicted molar refractivity (Wildman–Crippen MR) is 141 cm³/mol. The molecule has 0 aliphatic carbocycles. The molecule has 0 bridgehead atoms. The van der Waals surface area contributed by atoms with Gasteiger partial charge >= 0.3 is 0 Å². The molecule has 2 heteroatoms. The summed E-state index contributed by atoms with van der Waals surface area (Å²) in [7, 11) is 0. The van der Waals surface area contributed by atoms with Crippen LogP contribution in [0.2, 0.25) is 0 Å². The maximum atomic E-state index is 2.45. The highest BCUT2D eigenvalue weighted by Gasteiger charge is 2.28. The number of fused-ring (bicyclic) bond motifs is 1. The molecule has 0 atom stereocenters. The zero-order valence-corrected chi connectivity index (χ0v) is 21.6. The van der Waals surface area contributed by atoms with Crippen LogP contribution in [0, 0.1) is 0 Å². The molecule has 0 fully saturated rings. The van der Waals surface area contributed by atoms with Crippen LogP contribution in [0.15, 0.2) is 67.0 Å². The third-order valence-corrected chi connectivity index (χ3v) is 6.80. The number of hydrogen-bond acceptors (Lipinski definition) is 0. The van der Waals surface area contributed by atoms with E-state index in [1.165, 1.54) is 44.7 Å². The van der Waals surface area contributed by atoms with Gasteiger partial charge in [-0.15, -0.1) is 0 Å². The molecule has 1 aromatic heterocycles. The van der Waals surface area contributed by atoms with E-state index in [1.807, 2.05) is 0 Å². The van der Waals surface area contributed by atoms with Crippen LogP contribution in [0.25, 0.3) is 22.4 Å². The fraction of sp³-hybridized carbons (Fsp3) is 0.387. The van der Waals surface area contributed by atoms with Gasteiger partial charge < -0.3 is 0 Å². The first-order valence-corrected chi connectivity index (χ1v) is 12.5. The molecular weight excluding hydrogens is 400 g/mol. The Hall–Kier alpha value is -2.87. The molecule has 0 aliphatic rings. The molecule has 0 unspecified atom stereocenters. The summed E-state index contributed by atoms with van der Waals surface area (Å²) < 4.78 is 4.89. The van der Waals surface area contributed by atoms with Crippen LogP contribution < -0.4 is 4.57 Å². The molecule has 4 aromatic rings. The number of imidazole rings is 1. The minimum atomic E-state index is 0.447. The quantitative estimate of drug-likeness (QED) is 0.267. The Balaban J connectivity index is 2.14. The Morgan fingerprint density at radius 1 is 0.545 bits per heavy atom. The lowest BCUT2D eigenvalue weighted by Crippen LogP contribution is -2.33. The van der Waals surface area contributed by atoms with E-state index in [-0.39, 0.29) is 0 Å². The van der Waals surface area contributed by atoms with Gasteiger partial charge in [-0.05, 0) is 35.8 Å². The third kappa shape index (κ3) is 4.12. The van der Waals surface area contributed by atoms with Crippen molar-refractivity contribution in [2.75, 3.05) is 0 Å². The van der Waals surface area contributed by atoms with Crippen LogP contribution >= 0.6 is 0 Å². The molecule has 0 saturated carbocycles.